The minimum atomic E-state index is -4.53. The molecule has 3 atom stereocenters. The number of nitrogens with zero attached hydrogens (tertiary/aromatic N) is 1. The molecular weight excluding hydrogens is 287 g/mol. The SMILES string of the molecule is O=C(O)[C@H]1[C@@H]2C[C@@H]2CN1C(=O)c1cccc(C(F)(F)F)c1. The first-order valence-electron chi connectivity index (χ1n) is 6.50. The Hall–Kier alpha value is -2.05. The van der Waals surface area contributed by atoms with Gasteiger partial charge in [-0.2, -0.15) is 13.2 Å². The van der Waals surface area contributed by atoms with Crippen LogP contribution in [0, 0.1) is 11.8 Å². The van der Waals surface area contributed by atoms with E-state index >= 15 is 0 Å². The maximum Gasteiger partial charge on any atom is 0.416 e. The fourth-order valence-electron chi connectivity index (χ4n) is 2.99. The molecule has 4 nitrogen and oxygen atoms in total. The first-order chi connectivity index (χ1) is 9.79. The molecule has 7 heteroatoms. The van der Waals surface area contributed by atoms with Crippen LogP contribution in [0.1, 0.15) is 22.3 Å². The van der Waals surface area contributed by atoms with Crippen LogP contribution in [0.4, 0.5) is 13.2 Å². The topological polar surface area (TPSA) is 57.6 Å². The van der Waals surface area contributed by atoms with Crippen molar-refractivity contribution in [1.82, 2.24) is 4.90 Å². The van der Waals surface area contributed by atoms with E-state index in [4.69, 9.17) is 0 Å². The van der Waals surface area contributed by atoms with Crippen molar-refractivity contribution in [2.45, 2.75) is 18.6 Å². The average Bonchev–Trinajstić information content (AvgIpc) is 3.07. The predicted octanol–water partition coefficient (Wildman–Crippen LogP) is 2.25. The molecule has 1 aliphatic heterocycles. The zero-order valence-electron chi connectivity index (χ0n) is 10.8. The maximum absolute atomic E-state index is 12.7. The number of carbonyl (C=O) groups excluding carboxylic acids is 1. The zero-order valence-corrected chi connectivity index (χ0v) is 10.8. The van der Waals surface area contributed by atoms with Gasteiger partial charge in [-0.3, -0.25) is 4.79 Å². The minimum absolute atomic E-state index is 0.0581. The lowest BCUT2D eigenvalue weighted by atomic mass is 10.1. The molecule has 1 aromatic carbocycles. The number of carboxylic acid groups (broad SMARTS) is 1. The summed E-state index contributed by atoms with van der Waals surface area (Å²) in [5, 5.41) is 9.19. The van der Waals surface area contributed by atoms with E-state index in [1.54, 1.807) is 0 Å². The molecule has 0 aromatic heterocycles. The van der Waals surface area contributed by atoms with Crippen molar-refractivity contribution < 1.29 is 27.9 Å². The minimum Gasteiger partial charge on any atom is -0.480 e. The van der Waals surface area contributed by atoms with Crippen LogP contribution in [0.15, 0.2) is 24.3 Å². The molecule has 1 N–H and O–H groups in total. The summed E-state index contributed by atoms with van der Waals surface area (Å²) in [7, 11) is 0. The number of benzene rings is 1. The molecule has 0 unspecified atom stereocenters. The highest BCUT2D eigenvalue weighted by atomic mass is 19.4. The second-order valence-electron chi connectivity index (χ2n) is 5.48. The van der Waals surface area contributed by atoms with Crippen LogP contribution in [0.5, 0.6) is 0 Å². The van der Waals surface area contributed by atoms with E-state index in [2.05, 4.69) is 0 Å². The van der Waals surface area contributed by atoms with Crippen molar-refractivity contribution >= 4 is 11.9 Å². The smallest absolute Gasteiger partial charge is 0.416 e. The van der Waals surface area contributed by atoms with Crippen LogP contribution >= 0.6 is 0 Å². The predicted molar refractivity (Wildman–Crippen MR) is 65.5 cm³/mol. The summed E-state index contributed by atoms with van der Waals surface area (Å²) in [5.41, 5.74) is -1.04. The van der Waals surface area contributed by atoms with E-state index in [9.17, 15) is 27.9 Å². The van der Waals surface area contributed by atoms with Crippen LogP contribution in [0.25, 0.3) is 0 Å². The molecule has 1 aromatic rings. The number of aliphatic carboxylic acids is 1. The van der Waals surface area contributed by atoms with Gasteiger partial charge in [0.05, 0.1) is 5.56 Å². The van der Waals surface area contributed by atoms with Gasteiger partial charge in [0.2, 0.25) is 0 Å². The van der Waals surface area contributed by atoms with Gasteiger partial charge in [-0.25, -0.2) is 4.79 Å². The molecular formula is C14H12F3NO3. The van der Waals surface area contributed by atoms with Gasteiger partial charge in [0.1, 0.15) is 6.04 Å². The number of rotatable bonds is 2. The Labute approximate surface area is 118 Å². The summed E-state index contributed by atoms with van der Waals surface area (Å²) in [6, 6.07) is 3.17. The van der Waals surface area contributed by atoms with E-state index in [1.165, 1.54) is 11.0 Å². The van der Waals surface area contributed by atoms with Crippen LogP contribution < -0.4 is 0 Å². The summed E-state index contributed by atoms with van der Waals surface area (Å²) in [4.78, 5) is 24.7. The van der Waals surface area contributed by atoms with Gasteiger partial charge in [0.15, 0.2) is 0 Å². The highest BCUT2D eigenvalue weighted by molar-refractivity contribution is 5.97. The number of amides is 1. The second-order valence-corrected chi connectivity index (χ2v) is 5.48. The summed E-state index contributed by atoms with van der Waals surface area (Å²) >= 11 is 0. The molecule has 112 valence electrons. The molecule has 0 bridgehead atoms. The average molecular weight is 299 g/mol. The van der Waals surface area contributed by atoms with Crippen molar-refractivity contribution in [1.29, 1.82) is 0 Å². The highest BCUT2D eigenvalue weighted by Crippen LogP contribution is 2.50. The lowest BCUT2D eigenvalue weighted by molar-refractivity contribution is -0.142. The lowest BCUT2D eigenvalue weighted by Crippen LogP contribution is -2.43. The summed E-state index contributed by atoms with van der Waals surface area (Å²) in [6.07, 6.45) is -3.76. The molecule has 1 amide bonds. The molecule has 1 aliphatic carbocycles. The Bertz CT molecular complexity index is 614. The second kappa shape index (κ2) is 4.47. The third kappa shape index (κ3) is 2.36. The van der Waals surface area contributed by atoms with Crippen LogP contribution in [-0.2, 0) is 11.0 Å². The number of halogens is 3. The van der Waals surface area contributed by atoms with E-state index in [0.29, 0.717) is 6.54 Å². The maximum atomic E-state index is 12.7. The lowest BCUT2D eigenvalue weighted by Gasteiger charge is -2.24. The normalized spacial score (nSPS) is 27.4. The Kier molecular flexibility index (Phi) is 2.96. The summed E-state index contributed by atoms with van der Waals surface area (Å²) in [5.74, 6) is -1.64. The number of alkyl halides is 3. The fourth-order valence-corrected chi connectivity index (χ4v) is 2.99. The third-order valence-electron chi connectivity index (χ3n) is 4.10. The van der Waals surface area contributed by atoms with Gasteiger partial charge in [-0.05, 0) is 36.5 Å². The van der Waals surface area contributed by atoms with E-state index in [1.807, 2.05) is 0 Å². The first-order valence-corrected chi connectivity index (χ1v) is 6.50. The molecule has 2 aliphatic rings. The van der Waals surface area contributed by atoms with Crippen molar-refractivity contribution in [3.05, 3.63) is 35.4 Å². The highest BCUT2D eigenvalue weighted by Gasteiger charge is 2.57. The standard InChI is InChI=1S/C14H12F3NO3/c15-14(16,17)9-3-1-2-7(4-9)12(19)18-6-8-5-10(8)11(18)13(20)21/h1-4,8,10-11H,5-6H2,(H,20,21)/t8-,10-,11-/m1/s1. The van der Waals surface area contributed by atoms with Crippen molar-refractivity contribution in [2.24, 2.45) is 11.8 Å². The summed E-state index contributed by atoms with van der Waals surface area (Å²) in [6.45, 7) is 0.302. The van der Waals surface area contributed by atoms with Gasteiger partial charge >= 0.3 is 12.1 Å². The van der Waals surface area contributed by atoms with Crippen molar-refractivity contribution in [3.8, 4) is 0 Å². The molecule has 1 saturated heterocycles. The zero-order chi connectivity index (χ0) is 15.4. The largest absolute Gasteiger partial charge is 0.480 e. The first kappa shape index (κ1) is 13.9. The monoisotopic (exact) mass is 299 g/mol. The van der Waals surface area contributed by atoms with Gasteiger partial charge in [0.25, 0.3) is 5.91 Å². The van der Waals surface area contributed by atoms with Crippen LogP contribution in [0.2, 0.25) is 0 Å². The van der Waals surface area contributed by atoms with Crippen LogP contribution in [0.3, 0.4) is 0 Å². The number of hydrogen-bond acceptors (Lipinski definition) is 2. The van der Waals surface area contributed by atoms with Gasteiger partial charge in [0, 0.05) is 12.1 Å². The number of likely N-dealkylation sites (tertiary alicyclic amines) is 1. The van der Waals surface area contributed by atoms with Gasteiger partial charge in [-0.15, -0.1) is 0 Å². The van der Waals surface area contributed by atoms with E-state index < -0.39 is 29.7 Å². The summed E-state index contributed by atoms with van der Waals surface area (Å²) < 4.78 is 38.0. The van der Waals surface area contributed by atoms with Gasteiger partial charge in [-0.1, -0.05) is 6.07 Å². The van der Waals surface area contributed by atoms with Gasteiger partial charge < -0.3 is 10.0 Å². The molecule has 0 spiro atoms. The van der Waals surface area contributed by atoms with Crippen LogP contribution in [-0.4, -0.2) is 34.5 Å². The molecule has 1 saturated carbocycles. The molecule has 3 rings (SSSR count). The van der Waals surface area contributed by atoms with E-state index in [-0.39, 0.29) is 17.4 Å². The Morgan fingerprint density at radius 2 is 2.00 bits per heavy atom. The number of piperidine rings is 1. The quantitative estimate of drug-likeness (QED) is 0.911. The Morgan fingerprint density at radius 3 is 2.62 bits per heavy atom. The third-order valence-corrected chi connectivity index (χ3v) is 4.10. The van der Waals surface area contributed by atoms with Crippen molar-refractivity contribution in [2.75, 3.05) is 6.54 Å². The van der Waals surface area contributed by atoms with Crippen molar-refractivity contribution in [3.63, 3.8) is 0 Å². The molecule has 2 fully saturated rings. The number of hydrogen-bond donors (Lipinski definition) is 1. The Balaban J connectivity index is 1.87. The number of carboxylic acids is 1. The fraction of sp³-hybridized carbons (Fsp3) is 0.429. The Morgan fingerprint density at radius 1 is 1.29 bits per heavy atom. The van der Waals surface area contributed by atoms with E-state index in [0.717, 1.165) is 24.6 Å². The molecule has 1 heterocycles. The molecule has 21 heavy (non-hydrogen) atoms. The number of fused-ring (bicyclic) bond motifs is 1. The molecule has 0 radical (unpaired) electrons. The number of carbonyl (C=O) groups is 2.